The Labute approximate surface area is 109 Å². The minimum atomic E-state index is 0.0438. The van der Waals surface area contributed by atoms with Gasteiger partial charge in [0.05, 0.1) is 0 Å². The van der Waals surface area contributed by atoms with Crippen LogP contribution in [0.4, 0.5) is 0 Å². The molecule has 0 spiro atoms. The van der Waals surface area contributed by atoms with E-state index in [9.17, 15) is 4.79 Å². The van der Waals surface area contributed by atoms with Crippen LogP contribution in [0.1, 0.15) is 25.3 Å². The molecule has 18 heavy (non-hydrogen) atoms. The highest BCUT2D eigenvalue weighted by molar-refractivity contribution is 5.78. The number of piperidine rings is 1. The molecule has 0 aliphatic carbocycles. The fraction of sp³-hybridized carbons (Fsp3) is 0.533. The Hall–Kier alpha value is -1.35. The molecule has 0 saturated carbocycles. The van der Waals surface area contributed by atoms with Crippen LogP contribution < -0.4 is 10.6 Å². The largest absolute Gasteiger partial charge is 0.353 e. The van der Waals surface area contributed by atoms with Crippen molar-refractivity contribution in [2.75, 3.05) is 13.1 Å². The van der Waals surface area contributed by atoms with Crippen LogP contribution in [-0.2, 0) is 11.2 Å². The molecule has 0 aromatic heterocycles. The van der Waals surface area contributed by atoms with Gasteiger partial charge in [0.2, 0.25) is 5.91 Å². The van der Waals surface area contributed by atoms with Crippen LogP contribution in [0.25, 0.3) is 0 Å². The lowest BCUT2D eigenvalue weighted by atomic mass is 9.99. The van der Waals surface area contributed by atoms with Gasteiger partial charge in [-0.2, -0.15) is 0 Å². The molecule has 1 aliphatic heterocycles. The lowest BCUT2D eigenvalue weighted by Crippen LogP contribution is -2.44. The molecule has 1 amide bonds. The fourth-order valence-corrected chi connectivity index (χ4v) is 2.37. The molecule has 1 heterocycles. The lowest BCUT2D eigenvalue weighted by Gasteiger charge is -2.25. The third-order valence-electron chi connectivity index (χ3n) is 3.52. The van der Waals surface area contributed by atoms with E-state index in [2.05, 4.69) is 22.8 Å². The van der Waals surface area contributed by atoms with Gasteiger partial charge in [-0.3, -0.25) is 4.79 Å². The van der Waals surface area contributed by atoms with Crippen molar-refractivity contribution in [3.8, 4) is 0 Å². The summed E-state index contributed by atoms with van der Waals surface area (Å²) in [6.45, 7) is 4.03. The number of hydrogen-bond donors (Lipinski definition) is 2. The second kappa shape index (κ2) is 6.55. The monoisotopic (exact) mass is 246 g/mol. The molecule has 1 saturated heterocycles. The smallest absolute Gasteiger partial charge is 0.223 e. The van der Waals surface area contributed by atoms with E-state index in [0.29, 0.717) is 6.04 Å². The first-order chi connectivity index (χ1) is 8.75. The summed E-state index contributed by atoms with van der Waals surface area (Å²) in [5.41, 5.74) is 1.23. The second-order valence-electron chi connectivity index (χ2n) is 5.12. The molecule has 0 bridgehead atoms. The van der Waals surface area contributed by atoms with Crippen molar-refractivity contribution in [2.24, 2.45) is 5.92 Å². The molecule has 2 N–H and O–H groups in total. The van der Waals surface area contributed by atoms with Gasteiger partial charge in [0, 0.05) is 12.0 Å². The van der Waals surface area contributed by atoms with E-state index >= 15 is 0 Å². The second-order valence-corrected chi connectivity index (χ2v) is 5.12. The maximum atomic E-state index is 12.1. The summed E-state index contributed by atoms with van der Waals surface area (Å²) < 4.78 is 0. The first-order valence-electron chi connectivity index (χ1n) is 6.80. The summed E-state index contributed by atoms with van der Waals surface area (Å²) in [7, 11) is 0. The van der Waals surface area contributed by atoms with Gasteiger partial charge in [0.15, 0.2) is 0 Å². The minimum Gasteiger partial charge on any atom is -0.353 e. The van der Waals surface area contributed by atoms with Gasteiger partial charge in [-0.05, 0) is 37.9 Å². The molecule has 3 nitrogen and oxygen atoms in total. The van der Waals surface area contributed by atoms with E-state index in [1.54, 1.807) is 0 Å². The maximum absolute atomic E-state index is 12.1. The van der Waals surface area contributed by atoms with Crippen LogP contribution in [-0.4, -0.2) is 25.0 Å². The van der Waals surface area contributed by atoms with E-state index < -0.39 is 0 Å². The average Bonchev–Trinajstić information content (AvgIpc) is 2.41. The number of hydrogen-bond acceptors (Lipinski definition) is 2. The Bertz CT molecular complexity index is 371. The zero-order chi connectivity index (χ0) is 12.8. The van der Waals surface area contributed by atoms with Crippen LogP contribution in [0.15, 0.2) is 30.3 Å². The fourth-order valence-electron chi connectivity index (χ4n) is 2.37. The maximum Gasteiger partial charge on any atom is 0.223 e. The van der Waals surface area contributed by atoms with E-state index in [-0.39, 0.29) is 11.8 Å². The lowest BCUT2D eigenvalue weighted by molar-refractivity contribution is -0.125. The standard InChI is InChI=1S/C15H22N2O/c1-12(11-13-5-3-2-4-6-13)15(18)17-14-7-9-16-10-8-14/h2-6,12,14,16H,7-11H2,1H3,(H,17,18). The third kappa shape index (κ3) is 3.84. The highest BCUT2D eigenvalue weighted by Gasteiger charge is 2.19. The van der Waals surface area contributed by atoms with Gasteiger partial charge < -0.3 is 10.6 Å². The molecule has 1 aliphatic rings. The summed E-state index contributed by atoms with van der Waals surface area (Å²) in [4.78, 5) is 12.1. The van der Waals surface area contributed by atoms with Crippen molar-refractivity contribution in [1.82, 2.24) is 10.6 Å². The highest BCUT2D eigenvalue weighted by Crippen LogP contribution is 2.10. The number of rotatable bonds is 4. The number of benzene rings is 1. The van der Waals surface area contributed by atoms with Crippen molar-refractivity contribution >= 4 is 5.91 Å². The number of amides is 1. The van der Waals surface area contributed by atoms with Gasteiger partial charge >= 0.3 is 0 Å². The van der Waals surface area contributed by atoms with Gasteiger partial charge in [-0.1, -0.05) is 37.3 Å². The molecule has 1 aromatic rings. The number of nitrogens with one attached hydrogen (secondary N) is 2. The predicted molar refractivity (Wildman–Crippen MR) is 73.3 cm³/mol. The number of carbonyl (C=O) groups is 1. The van der Waals surface area contributed by atoms with Gasteiger partial charge in [0.25, 0.3) is 0 Å². The minimum absolute atomic E-state index is 0.0438. The molecule has 98 valence electrons. The Morgan fingerprint density at radius 3 is 2.67 bits per heavy atom. The summed E-state index contributed by atoms with van der Waals surface area (Å²) in [5, 5.41) is 6.47. The molecule has 0 radical (unpaired) electrons. The summed E-state index contributed by atoms with van der Waals surface area (Å²) in [6.07, 6.45) is 2.91. The predicted octanol–water partition coefficient (Wildman–Crippen LogP) is 1.73. The quantitative estimate of drug-likeness (QED) is 0.849. The first-order valence-corrected chi connectivity index (χ1v) is 6.80. The van der Waals surface area contributed by atoms with Crippen molar-refractivity contribution in [1.29, 1.82) is 0 Å². The molecule has 1 atom stereocenters. The number of carbonyl (C=O) groups excluding carboxylic acids is 1. The zero-order valence-electron chi connectivity index (χ0n) is 11.0. The highest BCUT2D eigenvalue weighted by atomic mass is 16.1. The van der Waals surface area contributed by atoms with E-state index in [1.165, 1.54) is 5.56 Å². The van der Waals surface area contributed by atoms with E-state index in [0.717, 1.165) is 32.4 Å². The first kappa shape index (κ1) is 13.1. The normalized spacial score (nSPS) is 18.3. The zero-order valence-corrected chi connectivity index (χ0v) is 11.0. The van der Waals surface area contributed by atoms with Crippen LogP contribution >= 0.6 is 0 Å². The average molecular weight is 246 g/mol. The van der Waals surface area contributed by atoms with E-state index in [4.69, 9.17) is 0 Å². The van der Waals surface area contributed by atoms with Crippen molar-refractivity contribution in [2.45, 2.75) is 32.2 Å². The van der Waals surface area contributed by atoms with Crippen molar-refractivity contribution in [3.05, 3.63) is 35.9 Å². The topological polar surface area (TPSA) is 41.1 Å². The summed E-state index contributed by atoms with van der Waals surface area (Å²) in [5.74, 6) is 0.230. The summed E-state index contributed by atoms with van der Waals surface area (Å²) in [6, 6.07) is 10.6. The van der Waals surface area contributed by atoms with Crippen LogP contribution in [0.2, 0.25) is 0 Å². The molecule has 1 unspecified atom stereocenters. The van der Waals surface area contributed by atoms with Gasteiger partial charge in [0.1, 0.15) is 0 Å². The molecule has 3 heteroatoms. The van der Waals surface area contributed by atoms with Crippen LogP contribution in [0.3, 0.4) is 0 Å². The third-order valence-corrected chi connectivity index (χ3v) is 3.52. The molecular weight excluding hydrogens is 224 g/mol. The molecule has 1 fully saturated rings. The van der Waals surface area contributed by atoms with Crippen molar-refractivity contribution < 1.29 is 4.79 Å². The van der Waals surface area contributed by atoms with Gasteiger partial charge in [-0.25, -0.2) is 0 Å². The van der Waals surface area contributed by atoms with Crippen molar-refractivity contribution in [3.63, 3.8) is 0 Å². The Morgan fingerprint density at radius 2 is 2.00 bits per heavy atom. The Morgan fingerprint density at radius 1 is 1.33 bits per heavy atom. The molecule has 2 rings (SSSR count). The van der Waals surface area contributed by atoms with Gasteiger partial charge in [-0.15, -0.1) is 0 Å². The van der Waals surface area contributed by atoms with Crippen LogP contribution in [0, 0.1) is 5.92 Å². The summed E-state index contributed by atoms with van der Waals surface area (Å²) >= 11 is 0. The molecular formula is C15H22N2O. The molecule has 1 aromatic carbocycles. The Balaban J connectivity index is 1.81. The Kier molecular flexibility index (Phi) is 4.76. The SMILES string of the molecule is CC(Cc1ccccc1)C(=O)NC1CCNCC1. The van der Waals surface area contributed by atoms with E-state index in [1.807, 2.05) is 25.1 Å². The van der Waals surface area contributed by atoms with Crippen LogP contribution in [0.5, 0.6) is 0 Å².